The van der Waals surface area contributed by atoms with Crippen LogP contribution in [0.4, 0.5) is 32.0 Å². The number of hydrogen-bond acceptors (Lipinski definition) is 6. The Hall–Kier alpha value is -3.64. The highest BCUT2D eigenvalue weighted by molar-refractivity contribution is 6.31. The van der Waals surface area contributed by atoms with E-state index in [1.807, 2.05) is 0 Å². The van der Waals surface area contributed by atoms with Crippen LogP contribution in [-0.2, 0) is 12.4 Å². The minimum Gasteiger partial charge on any atom is -0.472 e. The highest BCUT2D eigenvalue weighted by atomic mass is 35.5. The molecule has 36 heavy (non-hydrogen) atoms. The average molecular weight is 550 g/mol. The SMILES string of the molecule is Nc1c(Oc2ccc(Cl)c(C(F)(F)F)c2)nc(-c2ccoc2)nc1Oc1ccc(Cl)c(C(F)(F)F)c1. The van der Waals surface area contributed by atoms with Crippen molar-refractivity contribution in [2.24, 2.45) is 0 Å². The molecule has 0 bridgehead atoms. The zero-order chi connectivity index (χ0) is 26.3. The lowest BCUT2D eigenvalue weighted by molar-refractivity contribution is -0.138. The molecule has 4 aromatic rings. The van der Waals surface area contributed by atoms with E-state index in [0.717, 1.165) is 24.3 Å². The van der Waals surface area contributed by atoms with E-state index >= 15 is 0 Å². The summed E-state index contributed by atoms with van der Waals surface area (Å²) in [5, 5.41) is -1.12. The van der Waals surface area contributed by atoms with Crippen molar-refractivity contribution < 1.29 is 40.2 Å². The maximum absolute atomic E-state index is 13.2. The van der Waals surface area contributed by atoms with Crippen LogP contribution in [0.15, 0.2) is 59.4 Å². The summed E-state index contributed by atoms with van der Waals surface area (Å²) in [4.78, 5) is 8.17. The van der Waals surface area contributed by atoms with Gasteiger partial charge in [-0.2, -0.15) is 36.3 Å². The third-order valence-electron chi connectivity index (χ3n) is 4.57. The quantitative estimate of drug-likeness (QED) is 0.252. The minimum atomic E-state index is -4.77. The Labute approximate surface area is 208 Å². The summed E-state index contributed by atoms with van der Waals surface area (Å²) in [5.41, 5.74) is 3.57. The lowest BCUT2D eigenvalue weighted by atomic mass is 10.2. The molecule has 2 N–H and O–H groups in total. The van der Waals surface area contributed by atoms with Gasteiger partial charge >= 0.3 is 12.4 Å². The van der Waals surface area contributed by atoms with Gasteiger partial charge in [0.25, 0.3) is 11.8 Å². The second kappa shape index (κ2) is 9.43. The van der Waals surface area contributed by atoms with Gasteiger partial charge in [-0.3, -0.25) is 0 Å². The van der Waals surface area contributed by atoms with Crippen molar-refractivity contribution in [2.45, 2.75) is 12.4 Å². The van der Waals surface area contributed by atoms with E-state index < -0.39 is 51.0 Å². The van der Waals surface area contributed by atoms with Crippen molar-refractivity contribution in [1.82, 2.24) is 9.97 Å². The monoisotopic (exact) mass is 549 g/mol. The summed E-state index contributed by atoms with van der Waals surface area (Å²) < 4.78 is 95.3. The molecule has 6 nitrogen and oxygen atoms in total. The molecule has 0 aliphatic rings. The Morgan fingerprint density at radius 2 is 1.22 bits per heavy atom. The second-order valence-electron chi connectivity index (χ2n) is 7.07. The van der Waals surface area contributed by atoms with Gasteiger partial charge in [0, 0.05) is 0 Å². The number of halogens is 8. The molecule has 14 heteroatoms. The number of ether oxygens (including phenoxy) is 2. The van der Waals surface area contributed by atoms with Crippen molar-refractivity contribution >= 4 is 28.9 Å². The summed E-state index contributed by atoms with van der Waals surface area (Å²) >= 11 is 11.3. The molecule has 0 unspecified atom stereocenters. The van der Waals surface area contributed by atoms with Gasteiger partial charge < -0.3 is 19.6 Å². The zero-order valence-corrected chi connectivity index (χ0v) is 18.9. The van der Waals surface area contributed by atoms with Gasteiger partial charge in [-0.15, -0.1) is 0 Å². The third kappa shape index (κ3) is 5.44. The number of nitrogen functional groups attached to an aromatic ring is 1. The molecule has 0 radical (unpaired) electrons. The maximum atomic E-state index is 13.2. The molecule has 0 aliphatic carbocycles. The average Bonchev–Trinajstić information content (AvgIpc) is 3.32. The van der Waals surface area contributed by atoms with Gasteiger partial charge in [0.15, 0.2) is 11.5 Å². The number of nitrogens with two attached hydrogens (primary N) is 1. The van der Waals surface area contributed by atoms with E-state index in [1.54, 1.807) is 0 Å². The molecule has 2 aromatic carbocycles. The molecule has 0 saturated carbocycles. The highest BCUT2D eigenvalue weighted by Gasteiger charge is 2.35. The van der Waals surface area contributed by atoms with Crippen molar-refractivity contribution in [3.63, 3.8) is 0 Å². The van der Waals surface area contributed by atoms with E-state index in [-0.39, 0.29) is 17.3 Å². The number of benzene rings is 2. The third-order valence-corrected chi connectivity index (χ3v) is 5.23. The van der Waals surface area contributed by atoms with Crippen molar-refractivity contribution in [1.29, 1.82) is 0 Å². The standard InChI is InChI=1S/C22H11Cl2F6N3O3/c23-15-3-1-11(7-13(15)21(25,26)27)35-19-17(31)20(33-18(32-19)10-5-6-34-9-10)36-12-2-4-16(24)14(8-12)22(28,29)30/h1-9H,31H2. The topological polar surface area (TPSA) is 83.4 Å². The molecule has 0 fully saturated rings. The van der Waals surface area contributed by atoms with Crippen LogP contribution in [0, 0.1) is 0 Å². The largest absolute Gasteiger partial charge is 0.472 e. The molecule has 4 rings (SSSR count). The van der Waals surface area contributed by atoms with Crippen LogP contribution < -0.4 is 15.2 Å². The van der Waals surface area contributed by atoms with E-state index in [4.69, 9.17) is 42.8 Å². The first-order valence-electron chi connectivity index (χ1n) is 9.62. The molecule has 0 amide bonds. The first-order chi connectivity index (χ1) is 16.8. The number of rotatable bonds is 5. The molecule has 0 aliphatic heterocycles. The summed E-state index contributed by atoms with van der Waals surface area (Å²) in [7, 11) is 0. The van der Waals surface area contributed by atoms with Crippen LogP contribution in [0.25, 0.3) is 11.4 Å². The predicted molar refractivity (Wildman–Crippen MR) is 117 cm³/mol. The van der Waals surface area contributed by atoms with Gasteiger partial charge in [-0.1, -0.05) is 23.2 Å². The fourth-order valence-electron chi connectivity index (χ4n) is 2.90. The van der Waals surface area contributed by atoms with E-state index in [0.29, 0.717) is 17.7 Å². The van der Waals surface area contributed by atoms with Crippen LogP contribution in [-0.4, -0.2) is 9.97 Å². The van der Waals surface area contributed by atoms with E-state index in [1.165, 1.54) is 18.6 Å². The van der Waals surface area contributed by atoms with E-state index in [9.17, 15) is 26.3 Å². The number of alkyl halides is 6. The summed E-state index contributed by atoms with van der Waals surface area (Å²) in [6.07, 6.45) is -7.00. The highest BCUT2D eigenvalue weighted by Crippen LogP contribution is 2.42. The van der Waals surface area contributed by atoms with Crippen LogP contribution in [0.2, 0.25) is 10.0 Å². The first kappa shape index (κ1) is 25.5. The predicted octanol–water partition coefficient (Wildman–Crippen LogP) is 8.25. The Balaban J connectivity index is 1.78. The zero-order valence-electron chi connectivity index (χ0n) is 17.4. The van der Waals surface area contributed by atoms with Crippen LogP contribution >= 0.6 is 23.2 Å². The molecular weight excluding hydrogens is 539 g/mol. The van der Waals surface area contributed by atoms with Gasteiger partial charge in [0.1, 0.15) is 17.8 Å². The van der Waals surface area contributed by atoms with Crippen LogP contribution in [0.5, 0.6) is 23.3 Å². The summed E-state index contributed by atoms with van der Waals surface area (Å²) in [6, 6.07) is 6.95. The normalized spacial score (nSPS) is 12.0. The lowest BCUT2D eigenvalue weighted by Gasteiger charge is -2.15. The summed E-state index contributed by atoms with van der Waals surface area (Å²) in [5.74, 6) is -1.62. The van der Waals surface area contributed by atoms with Gasteiger partial charge in [0.2, 0.25) is 0 Å². The Morgan fingerprint density at radius 3 is 1.61 bits per heavy atom. The molecule has 0 spiro atoms. The second-order valence-corrected chi connectivity index (χ2v) is 7.88. The number of aromatic nitrogens is 2. The fraction of sp³-hybridized carbons (Fsp3) is 0.0909. The minimum absolute atomic E-state index is 0.0991. The summed E-state index contributed by atoms with van der Waals surface area (Å²) in [6.45, 7) is 0. The van der Waals surface area contributed by atoms with Crippen molar-refractivity contribution in [2.75, 3.05) is 5.73 Å². The van der Waals surface area contributed by atoms with Crippen molar-refractivity contribution in [3.05, 3.63) is 76.2 Å². The smallest absolute Gasteiger partial charge is 0.417 e. The fourth-order valence-corrected chi connectivity index (χ4v) is 3.35. The molecule has 188 valence electrons. The molecule has 2 aromatic heterocycles. The molecule has 0 atom stereocenters. The number of anilines is 1. The van der Waals surface area contributed by atoms with Gasteiger partial charge in [0.05, 0.1) is 33.0 Å². The van der Waals surface area contributed by atoms with Crippen LogP contribution in [0.3, 0.4) is 0 Å². The Morgan fingerprint density at radius 1 is 0.750 bits per heavy atom. The molecular formula is C22H11Cl2F6N3O3. The van der Waals surface area contributed by atoms with Crippen LogP contribution in [0.1, 0.15) is 11.1 Å². The Kier molecular flexibility index (Phi) is 6.67. The van der Waals surface area contributed by atoms with E-state index in [2.05, 4.69) is 9.97 Å². The van der Waals surface area contributed by atoms with Crippen molar-refractivity contribution in [3.8, 4) is 34.6 Å². The van der Waals surface area contributed by atoms with Gasteiger partial charge in [-0.25, -0.2) is 0 Å². The number of furan rings is 1. The molecule has 0 saturated heterocycles. The Bertz CT molecular complexity index is 1320. The number of hydrogen-bond donors (Lipinski definition) is 1. The maximum Gasteiger partial charge on any atom is 0.417 e. The first-order valence-corrected chi connectivity index (χ1v) is 10.4. The molecule has 2 heterocycles. The lowest BCUT2D eigenvalue weighted by Crippen LogP contribution is -2.07. The van der Waals surface area contributed by atoms with Gasteiger partial charge in [-0.05, 0) is 42.5 Å². The number of nitrogens with zero attached hydrogens (tertiary/aromatic N) is 2.